The third-order valence-electron chi connectivity index (χ3n) is 7.78. The van der Waals surface area contributed by atoms with Crippen LogP contribution in [0.15, 0.2) is 42.5 Å². The second-order valence-electron chi connectivity index (χ2n) is 11.0. The predicted molar refractivity (Wildman–Crippen MR) is 160 cm³/mol. The van der Waals surface area contributed by atoms with Gasteiger partial charge in [0.15, 0.2) is 11.5 Å². The first-order valence-corrected chi connectivity index (χ1v) is 16.5. The van der Waals surface area contributed by atoms with Crippen LogP contribution in [0.25, 0.3) is 0 Å². The van der Waals surface area contributed by atoms with Crippen molar-refractivity contribution in [2.24, 2.45) is 0 Å². The number of amides is 2. The highest BCUT2D eigenvalue weighted by Crippen LogP contribution is 2.35. The first-order chi connectivity index (χ1) is 19.7. The average Bonchev–Trinajstić information content (AvgIpc) is 2.95. The molecule has 0 aromatic heterocycles. The van der Waals surface area contributed by atoms with Gasteiger partial charge in [0.25, 0.3) is 0 Å². The highest BCUT2D eigenvalue weighted by atomic mass is 32.2. The molecule has 41 heavy (non-hydrogen) atoms. The summed E-state index contributed by atoms with van der Waals surface area (Å²) in [7, 11) is -3.62. The van der Waals surface area contributed by atoms with Gasteiger partial charge in [-0.05, 0) is 50.3 Å². The number of carbonyl (C=O) groups is 2. The lowest BCUT2D eigenvalue weighted by Gasteiger charge is -2.33. The molecule has 2 amide bonds. The van der Waals surface area contributed by atoms with Crippen molar-refractivity contribution in [2.75, 3.05) is 30.3 Å². The van der Waals surface area contributed by atoms with E-state index in [2.05, 4.69) is 5.32 Å². The molecule has 9 nitrogen and oxygen atoms in total. The summed E-state index contributed by atoms with van der Waals surface area (Å²) in [6, 6.07) is 12.5. The lowest BCUT2D eigenvalue weighted by atomic mass is 9.95. The van der Waals surface area contributed by atoms with Crippen LogP contribution in [0, 0.1) is 6.92 Å². The molecule has 1 heterocycles. The van der Waals surface area contributed by atoms with Crippen LogP contribution in [0.2, 0.25) is 0 Å². The monoisotopic (exact) mass is 585 g/mol. The van der Waals surface area contributed by atoms with Crippen molar-refractivity contribution in [1.29, 1.82) is 0 Å². The predicted octanol–water partition coefficient (Wildman–Crippen LogP) is 4.57. The van der Waals surface area contributed by atoms with Crippen LogP contribution in [-0.4, -0.2) is 63.2 Å². The summed E-state index contributed by atoms with van der Waals surface area (Å²) in [5.74, 6) is 0.783. The molecule has 2 aliphatic rings. The standard InChI is InChI=1S/C31H43N3O6S/c1-4-27(31(36)32-25-9-6-5-7-10-25)33(22-24-14-12-23(2)13-15-24)30(35)11-8-18-34(41(3,37)38)26-16-17-28-29(21-26)40-20-19-39-28/h12-17,21,25,27H,4-11,18-20,22H2,1-3H3,(H,32,36)/t27-/m1/s1. The summed E-state index contributed by atoms with van der Waals surface area (Å²) in [5.41, 5.74) is 2.52. The maximum atomic E-state index is 13.7. The largest absolute Gasteiger partial charge is 0.486 e. The Morgan fingerprint density at radius 3 is 2.34 bits per heavy atom. The van der Waals surface area contributed by atoms with E-state index < -0.39 is 16.1 Å². The number of carbonyl (C=O) groups excluding carboxylic acids is 2. The van der Waals surface area contributed by atoms with Crippen molar-refractivity contribution in [2.45, 2.75) is 83.8 Å². The van der Waals surface area contributed by atoms with Crippen LogP contribution < -0.4 is 19.1 Å². The molecule has 1 N–H and O–H groups in total. The summed E-state index contributed by atoms with van der Waals surface area (Å²) in [6.45, 7) is 5.21. The van der Waals surface area contributed by atoms with Gasteiger partial charge in [0.05, 0.1) is 11.9 Å². The molecule has 1 saturated carbocycles. The van der Waals surface area contributed by atoms with Gasteiger partial charge in [-0.25, -0.2) is 8.42 Å². The fraction of sp³-hybridized carbons (Fsp3) is 0.548. The molecule has 224 valence electrons. The third kappa shape index (κ3) is 8.38. The van der Waals surface area contributed by atoms with Gasteiger partial charge < -0.3 is 19.7 Å². The van der Waals surface area contributed by atoms with E-state index in [0.29, 0.717) is 49.8 Å². The number of hydrogen-bond donors (Lipinski definition) is 1. The van der Waals surface area contributed by atoms with Gasteiger partial charge >= 0.3 is 0 Å². The zero-order chi connectivity index (χ0) is 29.4. The molecular formula is C31H43N3O6S. The summed E-state index contributed by atoms with van der Waals surface area (Å²) in [5, 5.41) is 3.20. The molecule has 0 spiro atoms. The van der Waals surface area contributed by atoms with E-state index in [9.17, 15) is 18.0 Å². The quantitative estimate of drug-likeness (QED) is 0.391. The highest BCUT2D eigenvalue weighted by Gasteiger charge is 2.30. The molecule has 10 heteroatoms. The number of ether oxygens (including phenoxy) is 2. The van der Waals surface area contributed by atoms with Crippen LogP contribution in [0.5, 0.6) is 11.5 Å². The smallest absolute Gasteiger partial charge is 0.243 e. The van der Waals surface area contributed by atoms with E-state index in [4.69, 9.17) is 9.47 Å². The van der Waals surface area contributed by atoms with Gasteiger partial charge in [-0.2, -0.15) is 0 Å². The van der Waals surface area contributed by atoms with Gasteiger partial charge in [-0.3, -0.25) is 13.9 Å². The van der Waals surface area contributed by atoms with Crippen molar-refractivity contribution in [3.8, 4) is 11.5 Å². The Labute approximate surface area is 244 Å². The van der Waals surface area contributed by atoms with Gasteiger partial charge in [-0.1, -0.05) is 56.0 Å². The van der Waals surface area contributed by atoms with Crippen LogP contribution in [0.4, 0.5) is 5.69 Å². The zero-order valence-electron chi connectivity index (χ0n) is 24.4. The maximum absolute atomic E-state index is 13.7. The van der Waals surface area contributed by atoms with Crippen molar-refractivity contribution < 1.29 is 27.5 Å². The number of fused-ring (bicyclic) bond motifs is 1. The molecule has 1 aliphatic heterocycles. The molecule has 0 saturated heterocycles. The van der Waals surface area contributed by atoms with E-state index in [0.717, 1.165) is 43.1 Å². The lowest BCUT2D eigenvalue weighted by molar-refractivity contribution is -0.141. The minimum absolute atomic E-state index is 0.107. The topological polar surface area (TPSA) is 105 Å². The Balaban J connectivity index is 1.48. The first kappa shape index (κ1) is 30.7. The normalized spacial score (nSPS) is 16.1. The van der Waals surface area contributed by atoms with Crippen molar-refractivity contribution >= 4 is 27.5 Å². The summed E-state index contributed by atoms with van der Waals surface area (Å²) in [4.78, 5) is 28.8. The second-order valence-corrected chi connectivity index (χ2v) is 12.9. The minimum atomic E-state index is -3.62. The molecule has 1 atom stereocenters. The van der Waals surface area contributed by atoms with Crippen LogP contribution in [0.3, 0.4) is 0 Å². The first-order valence-electron chi connectivity index (χ1n) is 14.7. The molecule has 4 rings (SSSR count). The van der Waals surface area contributed by atoms with Crippen LogP contribution in [0.1, 0.15) is 69.4 Å². The number of nitrogens with zero attached hydrogens (tertiary/aromatic N) is 2. The molecular weight excluding hydrogens is 542 g/mol. The minimum Gasteiger partial charge on any atom is -0.486 e. The molecule has 2 aromatic rings. The third-order valence-corrected chi connectivity index (χ3v) is 8.97. The fourth-order valence-corrected chi connectivity index (χ4v) is 6.50. The van der Waals surface area contributed by atoms with Crippen molar-refractivity contribution in [3.05, 3.63) is 53.6 Å². The molecule has 1 aliphatic carbocycles. The Bertz CT molecular complexity index is 1290. The van der Waals surface area contributed by atoms with E-state index in [-0.39, 0.29) is 30.8 Å². The number of sulfonamides is 1. The number of aryl methyl sites for hydroxylation is 1. The number of nitrogens with one attached hydrogen (secondary N) is 1. The Morgan fingerprint density at radius 1 is 1.00 bits per heavy atom. The number of benzene rings is 2. The van der Waals surface area contributed by atoms with E-state index in [1.165, 1.54) is 10.7 Å². The van der Waals surface area contributed by atoms with Gasteiger partial charge in [0, 0.05) is 31.6 Å². The number of hydrogen-bond acceptors (Lipinski definition) is 6. The lowest BCUT2D eigenvalue weighted by Crippen LogP contribution is -2.51. The Hall–Kier alpha value is -3.27. The number of anilines is 1. The van der Waals surface area contributed by atoms with Gasteiger partial charge in [-0.15, -0.1) is 0 Å². The molecule has 1 fully saturated rings. The SMILES string of the molecule is CC[C@H](C(=O)NC1CCCCC1)N(Cc1ccc(C)cc1)C(=O)CCCN(c1ccc2c(c1)OCCO2)S(C)(=O)=O. The molecule has 0 unspecified atom stereocenters. The van der Waals surface area contributed by atoms with E-state index >= 15 is 0 Å². The fourth-order valence-electron chi connectivity index (χ4n) is 5.55. The van der Waals surface area contributed by atoms with Crippen molar-refractivity contribution in [1.82, 2.24) is 10.2 Å². The molecule has 2 aromatic carbocycles. The zero-order valence-corrected chi connectivity index (χ0v) is 25.3. The molecule has 0 bridgehead atoms. The number of rotatable bonds is 12. The van der Waals surface area contributed by atoms with E-state index in [1.807, 2.05) is 38.1 Å². The Morgan fingerprint density at radius 2 is 1.68 bits per heavy atom. The van der Waals surface area contributed by atoms with Crippen molar-refractivity contribution in [3.63, 3.8) is 0 Å². The highest BCUT2D eigenvalue weighted by molar-refractivity contribution is 7.92. The summed E-state index contributed by atoms with van der Waals surface area (Å²) >= 11 is 0. The van der Waals surface area contributed by atoms with Gasteiger partial charge in [0.1, 0.15) is 19.3 Å². The van der Waals surface area contributed by atoms with Crippen LogP contribution >= 0.6 is 0 Å². The van der Waals surface area contributed by atoms with E-state index in [1.54, 1.807) is 23.1 Å². The average molecular weight is 586 g/mol. The second kappa shape index (κ2) is 14.1. The Kier molecular flexibility index (Phi) is 10.5. The van der Waals surface area contributed by atoms with Crippen LogP contribution in [-0.2, 0) is 26.2 Å². The molecule has 0 radical (unpaired) electrons. The summed E-state index contributed by atoms with van der Waals surface area (Å²) < 4.78 is 37.9. The summed E-state index contributed by atoms with van der Waals surface area (Å²) in [6.07, 6.45) is 7.38. The maximum Gasteiger partial charge on any atom is 0.243 e. The van der Waals surface area contributed by atoms with Gasteiger partial charge in [0.2, 0.25) is 21.8 Å².